The Labute approximate surface area is 125 Å². The molecule has 2 rings (SSSR count). The number of benzene rings is 1. The summed E-state index contributed by atoms with van der Waals surface area (Å²) in [7, 11) is 0. The molecule has 0 fully saturated rings. The van der Waals surface area contributed by atoms with E-state index < -0.39 is 17.6 Å². The highest BCUT2D eigenvalue weighted by Gasteiger charge is 2.33. The number of anilines is 1. The van der Waals surface area contributed by atoms with E-state index in [9.17, 15) is 18.0 Å². The van der Waals surface area contributed by atoms with Gasteiger partial charge in [0.15, 0.2) is 0 Å². The van der Waals surface area contributed by atoms with Gasteiger partial charge in [0, 0.05) is 0 Å². The highest BCUT2D eigenvalue weighted by Crippen LogP contribution is 2.34. The first-order valence-electron chi connectivity index (χ1n) is 6.49. The third kappa shape index (κ3) is 3.24. The molecule has 1 heterocycles. The number of rotatable bonds is 2. The lowest BCUT2D eigenvalue weighted by atomic mass is 10.1. The lowest BCUT2D eigenvalue weighted by molar-refractivity contribution is -0.136. The number of aryl methyl sites for hydroxylation is 3. The number of carbonyl (C=O) groups excluding carboxylic acids is 1. The van der Waals surface area contributed by atoms with Crippen molar-refractivity contribution < 1.29 is 18.0 Å². The summed E-state index contributed by atoms with van der Waals surface area (Å²) in [6.45, 7) is 4.92. The van der Waals surface area contributed by atoms with Gasteiger partial charge >= 0.3 is 6.18 Å². The molecule has 2 aromatic rings. The zero-order chi connectivity index (χ0) is 16.5. The van der Waals surface area contributed by atoms with Gasteiger partial charge in [0.1, 0.15) is 5.82 Å². The van der Waals surface area contributed by atoms with Crippen LogP contribution in [-0.2, 0) is 6.18 Å². The summed E-state index contributed by atoms with van der Waals surface area (Å²) < 4.78 is 38.8. The van der Waals surface area contributed by atoms with Crippen LogP contribution in [0.25, 0.3) is 0 Å². The number of nitrogens with one attached hydrogen (secondary N) is 1. The summed E-state index contributed by atoms with van der Waals surface area (Å²) in [4.78, 5) is 20.4. The first-order chi connectivity index (χ1) is 10.2. The lowest BCUT2D eigenvalue weighted by Gasteiger charge is -2.15. The fourth-order valence-electron chi connectivity index (χ4n) is 2.24. The number of hydrogen-bond donors (Lipinski definition) is 1. The fraction of sp³-hybridized carbons (Fsp3) is 0.267. The van der Waals surface area contributed by atoms with E-state index in [0.717, 1.165) is 6.07 Å². The maximum atomic E-state index is 12.9. The molecule has 0 bridgehead atoms. The molecule has 0 atom stereocenters. The van der Waals surface area contributed by atoms with Crippen LogP contribution in [0.4, 0.5) is 18.9 Å². The van der Waals surface area contributed by atoms with Gasteiger partial charge in [-0.2, -0.15) is 13.2 Å². The van der Waals surface area contributed by atoms with Crippen LogP contribution in [0.2, 0.25) is 0 Å². The highest BCUT2D eigenvalue weighted by atomic mass is 19.4. The first kappa shape index (κ1) is 15.9. The van der Waals surface area contributed by atoms with Gasteiger partial charge in [-0.15, -0.1) is 0 Å². The Morgan fingerprint density at radius 2 is 1.59 bits per heavy atom. The maximum absolute atomic E-state index is 12.9. The molecule has 0 saturated heterocycles. The molecular formula is C15H14F3N3O. The van der Waals surface area contributed by atoms with Crippen LogP contribution >= 0.6 is 0 Å². The van der Waals surface area contributed by atoms with Crippen molar-refractivity contribution in [3.05, 3.63) is 52.6 Å². The predicted octanol–water partition coefficient (Wildman–Crippen LogP) is 3.67. The van der Waals surface area contributed by atoms with Gasteiger partial charge in [-0.05, 0) is 32.9 Å². The second kappa shape index (κ2) is 5.75. The van der Waals surface area contributed by atoms with Crippen LogP contribution < -0.4 is 5.32 Å². The van der Waals surface area contributed by atoms with Crippen molar-refractivity contribution >= 4 is 11.6 Å². The zero-order valence-corrected chi connectivity index (χ0v) is 12.2. The van der Waals surface area contributed by atoms with E-state index >= 15 is 0 Å². The second-order valence-electron chi connectivity index (χ2n) is 4.81. The maximum Gasteiger partial charge on any atom is 0.418 e. The zero-order valence-electron chi connectivity index (χ0n) is 12.2. The molecule has 116 valence electrons. The van der Waals surface area contributed by atoms with Gasteiger partial charge in [-0.25, -0.2) is 9.97 Å². The van der Waals surface area contributed by atoms with Gasteiger partial charge in [-0.1, -0.05) is 12.1 Å². The topological polar surface area (TPSA) is 54.9 Å². The molecule has 22 heavy (non-hydrogen) atoms. The molecule has 0 aliphatic carbocycles. The summed E-state index contributed by atoms with van der Waals surface area (Å²) >= 11 is 0. The monoisotopic (exact) mass is 309 g/mol. The summed E-state index contributed by atoms with van der Waals surface area (Å²) in [5, 5.41) is 2.30. The van der Waals surface area contributed by atoms with Gasteiger partial charge < -0.3 is 5.32 Å². The molecule has 1 aromatic carbocycles. The molecule has 0 radical (unpaired) electrons. The number of alkyl halides is 3. The van der Waals surface area contributed by atoms with Crippen molar-refractivity contribution in [1.29, 1.82) is 0 Å². The third-order valence-corrected chi connectivity index (χ3v) is 3.09. The van der Waals surface area contributed by atoms with Crippen LogP contribution in [-0.4, -0.2) is 15.9 Å². The van der Waals surface area contributed by atoms with Crippen molar-refractivity contribution in [2.75, 3.05) is 5.32 Å². The van der Waals surface area contributed by atoms with Gasteiger partial charge in [0.25, 0.3) is 5.91 Å². The minimum absolute atomic E-state index is 0.183. The average molecular weight is 309 g/mol. The smallest absolute Gasteiger partial charge is 0.321 e. The van der Waals surface area contributed by atoms with E-state index in [1.165, 1.54) is 18.2 Å². The first-order valence-corrected chi connectivity index (χ1v) is 6.49. The Hall–Kier alpha value is -2.44. The van der Waals surface area contributed by atoms with Crippen LogP contribution in [0.15, 0.2) is 24.3 Å². The lowest BCUT2D eigenvalue weighted by Crippen LogP contribution is -2.20. The number of carbonyl (C=O) groups is 1. The molecule has 0 aliphatic rings. The van der Waals surface area contributed by atoms with Crippen molar-refractivity contribution in [2.45, 2.75) is 26.9 Å². The average Bonchev–Trinajstić information content (AvgIpc) is 2.36. The number of hydrogen-bond acceptors (Lipinski definition) is 3. The van der Waals surface area contributed by atoms with E-state index in [1.807, 2.05) is 0 Å². The van der Waals surface area contributed by atoms with Gasteiger partial charge in [0.05, 0.1) is 28.2 Å². The fourth-order valence-corrected chi connectivity index (χ4v) is 2.24. The van der Waals surface area contributed by atoms with E-state index in [-0.39, 0.29) is 11.3 Å². The minimum Gasteiger partial charge on any atom is -0.321 e. The molecule has 0 unspecified atom stereocenters. The quantitative estimate of drug-likeness (QED) is 0.921. The normalized spacial score (nSPS) is 11.4. The van der Waals surface area contributed by atoms with Crippen molar-refractivity contribution in [2.24, 2.45) is 0 Å². The highest BCUT2D eigenvalue weighted by molar-refractivity contribution is 6.06. The van der Waals surface area contributed by atoms with Crippen molar-refractivity contribution in [3.63, 3.8) is 0 Å². The molecule has 1 N–H and O–H groups in total. The summed E-state index contributed by atoms with van der Waals surface area (Å²) in [6.07, 6.45) is -4.54. The number of para-hydroxylation sites is 1. The molecule has 1 amide bonds. The van der Waals surface area contributed by atoms with Crippen molar-refractivity contribution in [1.82, 2.24) is 9.97 Å². The van der Waals surface area contributed by atoms with E-state index in [2.05, 4.69) is 15.3 Å². The summed E-state index contributed by atoms with van der Waals surface area (Å²) in [5.74, 6) is -0.158. The van der Waals surface area contributed by atoms with E-state index in [4.69, 9.17) is 0 Å². The molecule has 7 heteroatoms. The molecular weight excluding hydrogens is 295 g/mol. The van der Waals surface area contributed by atoms with E-state index in [0.29, 0.717) is 17.2 Å². The third-order valence-electron chi connectivity index (χ3n) is 3.09. The summed E-state index contributed by atoms with van der Waals surface area (Å²) in [5.41, 5.74) is -0.160. The van der Waals surface area contributed by atoms with E-state index in [1.54, 1.807) is 20.8 Å². The van der Waals surface area contributed by atoms with Crippen LogP contribution in [0.3, 0.4) is 0 Å². The SMILES string of the molecule is Cc1nc(C)c(C(=O)Nc2ccccc2C(F)(F)F)c(C)n1. The van der Waals surface area contributed by atoms with Gasteiger partial charge in [0.2, 0.25) is 0 Å². The van der Waals surface area contributed by atoms with Crippen molar-refractivity contribution in [3.8, 4) is 0 Å². The van der Waals surface area contributed by atoms with Crippen LogP contribution in [0, 0.1) is 20.8 Å². The Bertz CT molecular complexity index is 703. The van der Waals surface area contributed by atoms with Crippen LogP contribution in [0.1, 0.15) is 33.1 Å². The van der Waals surface area contributed by atoms with Crippen LogP contribution in [0.5, 0.6) is 0 Å². The molecule has 4 nitrogen and oxygen atoms in total. The number of amides is 1. The number of aromatic nitrogens is 2. The second-order valence-corrected chi connectivity index (χ2v) is 4.81. The number of halogens is 3. The molecule has 0 saturated carbocycles. The molecule has 1 aromatic heterocycles. The largest absolute Gasteiger partial charge is 0.418 e. The Kier molecular flexibility index (Phi) is 4.16. The predicted molar refractivity (Wildman–Crippen MR) is 75.6 cm³/mol. The molecule has 0 aliphatic heterocycles. The van der Waals surface area contributed by atoms with Gasteiger partial charge in [-0.3, -0.25) is 4.79 Å². The Balaban J connectivity index is 2.39. The Morgan fingerprint density at radius 1 is 1.05 bits per heavy atom. The minimum atomic E-state index is -4.54. The summed E-state index contributed by atoms with van der Waals surface area (Å²) in [6, 6.07) is 4.82. The standard InChI is InChI=1S/C15H14F3N3O/c1-8-13(9(2)20-10(3)19-8)14(22)21-12-7-5-4-6-11(12)15(16,17)18/h4-7H,1-3H3,(H,21,22). The molecule has 0 spiro atoms. The Morgan fingerprint density at radius 3 is 2.14 bits per heavy atom. The number of nitrogens with zero attached hydrogens (tertiary/aromatic N) is 2.